The summed E-state index contributed by atoms with van der Waals surface area (Å²) in [5.41, 5.74) is 8.07. The maximum atomic E-state index is 4.98. The van der Waals surface area contributed by atoms with Gasteiger partial charge in [0.05, 0.1) is 12.6 Å². The van der Waals surface area contributed by atoms with Gasteiger partial charge in [-0.3, -0.25) is 9.98 Å². The van der Waals surface area contributed by atoms with Gasteiger partial charge in [0, 0.05) is 33.3 Å². The van der Waals surface area contributed by atoms with Gasteiger partial charge >= 0.3 is 0 Å². The molecule has 5 rings (SSSR count). The van der Waals surface area contributed by atoms with Crippen molar-refractivity contribution < 1.29 is 0 Å². The summed E-state index contributed by atoms with van der Waals surface area (Å²) >= 11 is 0. The molecule has 0 aliphatic carbocycles. The van der Waals surface area contributed by atoms with E-state index in [2.05, 4.69) is 96.8 Å². The summed E-state index contributed by atoms with van der Waals surface area (Å²) in [6.07, 6.45) is 0. The summed E-state index contributed by atoms with van der Waals surface area (Å²) in [5, 5.41) is 11.5. The summed E-state index contributed by atoms with van der Waals surface area (Å²) in [5.74, 6) is 0. The van der Waals surface area contributed by atoms with Crippen LogP contribution in [0.25, 0.3) is 21.8 Å². The quantitative estimate of drug-likeness (QED) is 0.198. The molecule has 0 N–H and O–H groups in total. The number of aliphatic imine (C=N–C) groups is 2. The lowest BCUT2D eigenvalue weighted by molar-refractivity contribution is 0.820. The topological polar surface area (TPSA) is 50.5 Å². The molecule has 0 radical (unpaired) electrons. The number of nitrogens with zero attached hydrogens (tertiary/aromatic N) is 4. The van der Waals surface area contributed by atoms with Gasteiger partial charge < -0.3 is 0 Å². The molecule has 5 aromatic rings. The monoisotopic (exact) mass is 456 g/mol. The molecule has 0 fully saturated rings. The molecule has 4 nitrogen and oxygen atoms in total. The second-order valence-electron chi connectivity index (χ2n) is 8.79. The first-order valence-corrected chi connectivity index (χ1v) is 11.9. The number of hydrogen-bond acceptors (Lipinski definition) is 4. The number of fused-ring (bicyclic) bond motifs is 3. The average Bonchev–Trinajstić information content (AvgIpc) is 2.91. The zero-order chi connectivity index (χ0) is 24.2. The fraction of sp³-hybridized carbons (Fsp3) is 0.161. The Kier molecular flexibility index (Phi) is 6.44. The minimum atomic E-state index is 0.0648. The molecule has 1 unspecified atom stereocenters. The van der Waals surface area contributed by atoms with Crippen molar-refractivity contribution >= 4 is 33.2 Å². The van der Waals surface area contributed by atoms with Crippen molar-refractivity contribution in [2.45, 2.75) is 33.4 Å². The Bertz CT molecular complexity index is 1540. The molecule has 4 aromatic carbocycles. The van der Waals surface area contributed by atoms with Gasteiger partial charge in [0.15, 0.2) is 0 Å². The van der Waals surface area contributed by atoms with Gasteiger partial charge in [-0.1, -0.05) is 97.1 Å². The number of hydrogen-bond donors (Lipinski definition) is 0. The lowest BCUT2D eigenvalue weighted by Crippen LogP contribution is -2.04. The molecule has 0 aliphatic heterocycles. The van der Waals surface area contributed by atoms with Crippen molar-refractivity contribution in [3.63, 3.8) is 0 Å². The van der Waals surface area contributed by atoms with E-state index >= 15 is 0 Å². The van der Waals surface area contributed by atoms with Crippen LogP contribution < -0.4 is 0 Å². The van der Waals surface area contributed by atoms with E-state index in [4.69, 9.17) is 9.98 Å². The summed E-state index contributed by atoms with van der Waals surface area (Å²) < 4.78 is 0. The van der Waals surface area contributed by atoms with E-state index in [9.17, 15) is 0 Å². The zero-order valence-electron chi connectivity index (χ0n) is 20.3. The summed E-state index contributed by atoms with van der Waals surface area (Å²) in [7, 11) is 0. The fourth-order valence-corrected chi connectivity index (χ4v) is 4.47. The Morgan fingerprint density at radius 2 is 1.20 bits per heavy atom. The smallest absolute Gasteiger partial charge is 0.103 e. The van der Waals surface area contributed by atoms with Crippen LogP contribution in [0.4, 0.5) is 0 Å². The lowest BCUT2D eigenvalue weighted by atomic mass is 10.00. The van der Waals surface area contributed by atoms with Crippen molar-refractivity contribution in [2.75, 3.05) is 0 Å². The lowest BCUT2D eigenvalue weighted by Gasteiger charge is -2.12. The highest BCUT2D eigenvalue weighted by atomic mass is 15.1. The first kappa shape index (κ1) is 22.6. The van der Waals surface area contributed by atoms with E-state index in [0.717, 1.165) is 44.4 Å². The van der Waals surface area contributed by atoms with Gasteiger partial charge in [0.25, 0.3) is 0 Å². The predicted octanol–water partition coefficient (Wildman–Crippen LogP) is 7.36. The molecular formula is C31H28N4. The molecule has 1 aromatic heterocycles. The van der Waals surface area contributed by atoms with Crippen molar-refractivity contribution in [3.8, 4) is 0 Å². The maximum Gasteiger partial charge on any atom is 0.103 e. The number of benzene rings is 4. The average molecular weight is 457 g/mol. The number of aromatic nitrogens is 2. The van der Waals surface area contributed by atoms with Crippen molar-refractivity contribution in [1.82, 2.24) is 10.2 Å². The molecule has 0 bridgehead atoms. The van der Waals surface area contributed by atoms with Crippen LogP contribution in [0, 0.1) is 0 Å². The van der Waals surface area contributed by atoms with Crippen LogP contribution in [0.1, 0.15) is 49.1 Å². The minimum absolute atomic E-state index is 0.0648. The van der Waals surface area contributed by atoms with Crippen molar-refractivity contribution in [2.24, 2.45) is 9.98 Å². The number of rotatable bonds is 6. The van der Waals surface area contributed by atoms with E-state index < -0.39 is 0 Å². The highest BCUT2D eigenvalue weighted by molar-refractivity contribution is 6.17. The second-order valence-corrected chi connectivity index (χ2v) is 8.79. The highest BCUT2D eigenvalue weighted by Crippen LogP contribution is 2.28. The minimum Gasteiger partial charge on any atom is -0.285 e. The fourth-order valence-electron chi connectivity index (χ4n) is 4.47. The molecule has 0 spiro atoms. The maximum absolute atomic E-state index is 4.98. The second kappa shape index (κ2) is 9.98. The van der Waals surface area contributed by atoms with Crippen LogP contribution in [0.5, 0.6) is 0 Å². The van der Waals surface area contributed by atoms with Gasteiger partial charge in [-0.15, -0.1) is 10.2 Å². The molecule has 0 saturated heterocycles. The Morgan fingerprint density at radius 3 is 1.80 bits per heavy atom. The van der Waals surface area contributed by atoms with Crippen molar-refractivity contribution in [1.29, 1.82) is 0 Å². The first-order valence-electron chi connectivity index (χ1n) is 11.9. The van der Waals surface area contributed by atoms with Gasteiger partial charge in [0.1, 0.15) is 11.0 Å². The molecule has 1 heterocycles. The molecule has 0 saturated carbocycles. The van der Waals surface area contributed by atoms with Gasteiger partial charge in [-0.2, -0.15) is 0 Å². The van der Waals surface area contributed by atoms with E-state index in [1.54, 1.807) is 0 Å². The zero-order valence-corrected chi connectivity index (χ0v) is 20.3. The van der Waals surface area contributed by atoms with Crippen LogP contribution in [0.15, 0.2) is 107 Å². The van der Waals surface area contributed by atoms with E-state index in [-0.39, 0.29) is 6.04 Å². The van der Waals surface area contributed by atoms with Crippen LogP contribution >= 0.6 is 0 Å². The normalized spacial score (nSPS) is 13.3. The summed E-state index contributed by atoms with van der Waals surface area (Å²) in [6.45, 7) is 6.86. The molecule has 4 heteroatoms. The first-order chi connectivity index (χ1) is 17.1. The Balaban J connectivity index is 1.55. The van der Waals surface area contributed by atoms with Gasteiger partial charge in [-0.05, 0) is 31.9 Å². The third-order valence-electron chi connectivity index (χ3n) is 6.40. The van der Waals surface area contributed by atoms with Gasteiger partial charge in [0.2, 0.25) is 0 Å². The molecule has 1 atom stereocenters. The van der Waals surface area contributed by atoms with Crippen molar-refractivity contribution in [3.05, 3.63) is 119 Å². The highest BCUT2D eigenvalue weighted by Gasteiger charge is 2.14. The molecule has 0 aliphatic rings. The Hall–Kier alpha value is -4.18. The molecule has 0 amide bonds. The largest absolute Gasteiger partial charge is 0.285 e. The standard InChI is InChI=1S/C31H28N4/c1-21(25-14-8-5-9-15-25)33-23(3)27-17-11-19-29-28-18-10-16-26(30(28)34-35-31(27)29)22(2)32-20-24-12-6-4-7-13-24/h4-19,21H,20H2,1-3H3. The van der Waals surface area contributed by atoms with E-state index in [1.807, 2.05) is 31.2 Å². The van der Waals surface area contributed by atoms with Crippen LogP contribution in [-0.4, -0.2) is 21.6 Å². The molecular weight excluding hydrogens is 428 g/mol. The predicted molar refractivity (Wildman–Crippen MR) is 146 cm³/mol. The van der Waals surface area contributed by atoms with E-state index in [1.165, 1.54) is 11.1 Å². The van der Waals surface area contributed by atoms with Gasteiger partial charge in [-0.25, -0.2) is 0 Å². The SMILES string of the molecule is CC(=NCc1ccccc1)c1cccc2c1nnc1c(C(C)=NC(C)c3ccccc3)cccc12. The third kappa shape index (κ3) is 4.73. The molecule has 35 heavy (non-hydrogen) atoms. The summed E-state index contributed by atoms with van der Waals surface area (Å²) in [4.78, 5) is 9.81. The van der Waals surface area contributed by atoms with Crippen LogP contribution in [-0.2, 0) is 6.54 Å². The van der Waals surface area contributed by atoms with E-state index in [0.29, 0.717) is 6.54 Å². The summed E-state index contributed by atoms with van der Waals surface area (Å²) in [6, 6.07) is 33.2. The Morgan fingerprint density at radius 1 is 0.657 bits per heavy atom. The Labute approximate surface area is 206 Å². The van der Waals surface area contributed by atoms with Crippen LogP contribution in [0.2, 0.25) is 0 Å². The molecule has 172 valence electrons. The third-order valence-corrected chi connectivity index (χ3v) is 6.40. The van der Waals surface area contributed by atoms with Crippen LogP contribution in [0.3, 0.4) is 0 Å².